The van der Waals surface area contributed by atoms with E-state index < -0.39 is 0 Å². The molecule has 1 fully saturated rings. The minimum Gasteiger partial charge on any atom is -0.493 e. The highest BCUT2D eigenvalue weighted by Gasteiger charge is 2.23. The molecule has 122 valence electrons. The molecule has 0 aliphatic heterocycles. The quantitative estimate of drug-likeness (QED) is 0.901. The van der Waals surface area contributed by atoms with Crippen LogP contribution >= 0.6 is 0 Å². The highest BCUT2D eigenvalue weighted by Crippen LogP contribution is 2.26. The molecule has 1 saturated carbocycles. The SMILES string of the molecule is C[C@H](NC(=O)c1cnc(-n2cccn2)nc1O)C1CCCCC1. The Bertz CT molecular complexity index is 665. The first-order chi connectivity index (χ1) is 11.1. The van der Waals surface area contributed by atoms with E-state index in [1.165, 1.54) is 30.1 Å². The summed E-state index contributed by atoms with van der Waals surface area (Å²) < 4.78 is 1.42. The molecule has 0 aromatic carbocycles. The molecule has 1 atom stereocenters. The highest BCUT2D eigenvalue weighted by molar-refractivity contribution is 5.96. The Hall–Kier alpha value is -2.44. The van der Waals surface area contributed by atoms with E-state index in [2.05, 4.69) is 20.4 Å². The molecule has 0 saturated heterocycles. The van der Waals surface area contributed by atoms with E-state index in [9.17, 15) is 9.90 Å². The lowest BCUT2D eigenvalue weighted by Gasteiger charge is -2.28. The van der Waals surface area contributed by atoms with Gasteiger partial charge in [-0.1, -0.05) is 19.3 Å². The van der Waals surface area contributed by atoms with Crippen molar-refractivity contribution in [1.82, 2.24) is 25.1 Å². The van der Waals surface area contributed by atoms with Crippen molar-refractivity contribution in [3.8, 4) is 11.8 Å². The molecule has 0 unspecified atom stereocenters. The average Bonchev–Trinajstić information content (AvgIpc) is 3.10. The largest absolute Gasteiger partial charge is 0.493 e. The van der Waals surface area contributed by atoms with Crippen molar-refractivity contribution in [3.63, 3.8) is 0 Å². The van der Waals surface area contributed by atoms with E-state index in [0.29, 0.717) is 5.92 Å². The summed E-state index contributed by atoms with van der Waals surface area (Å²) in [6.45, 7) is 2.02. The van der Waals surface area contributed by atoms with Crippen molar-refractivity contribution in [2.24, 2.45) is 5.92 Å². The summed E-state index contributed by atoms with van der Waals surface area (Å²) in [7, 11) is 0. The maximum absolute atomic E-state index is 12.3. The van der Waals surface area contributed by atoms with Crippen LogP contribution in [0.25, 0.3) is 5.95 Å². The van der Waals surface area contributed by atoms with Gasteiger partial charge in [-0.25, -0.2) is 9.67 Å². The number of carbonyl (C=O) groups excluding carboxylic acids is 1. The molecule has 0 bridgehead atoms. The van der Waals surface area contributed by atoms with Crippen LogP contribution in [0.1, 0.15) is 49.4 Å². The van der Waals surface area contributed by atoms with Crippen molar-refractivity contribution in [1.29, 1.82) is 0 Å². The molecule has 0 spiro atoms. The Labute approximate surface area is 134 Å². The molecule has 7 heteroatoms. The Morgan fingerprint density at radius 2 is 2.17 bits per heavy atom. The van der Waals surface area contributed by atoms with Crippen molar-refractivity contribution in [3.05, 3.63) is 30.2 Å². The third kappa shape index (κ3) is 3.49. The van der Waals surface area contributed by atoms with E-state index in [1.54, 1.807) is 18.5 Å². The van der Waals surface area contributed by atoms with Gasteiger partial charge in [0.2, 0.25) is 5.88 Å². The zero-order valence-electron chi connectivity index (χ0n) is 13.1. The van der Waals surface area contributed by atoms with Crippen LogP contribution in [0.4, 0.5) is 0 Å². The number of aromatic hydroxyl groups is 1. The molecule has 2 heterocycles. The fourth-order valence-corrected chi connectivity index (χ4v) is 3.06. The highest BCUT2D eigenvalue weighted by atomic mass is 16.3. The van der Waals surface area contributed by atoms with E-state index in [-0.39, 0.29) is 29.3 Å². The van der Waals surface area contributed by atoms with Gasteiger partial charge >= 0.3 is 0 Å². The smallest absolute Gasteiger partial charge is 0.258 e. The number of nitrogens with zero attached hydrogens (tertiary/aromatic N) is 4. The maximum atomic E-state index is 12.3. The minimum absolute atomic E-state index is 0.0768. The van der Waals surface area contributed by atoms with Gasteiger partial charge in [0.25, 0.3) is 11.9 Å². The van der Waals surface area contributed by atoms with Gasteiger partial charge in [0, 0.05) is 24.6 Å². The summed E-state index contributed by atoms with van der Waals surface area (Å²) in [5, 5.41) is 17.0. The van der Waals surface area contributed by atoms with Gasteiger partial charge in [-0.05, 0) is 31.7 Å². The Morgan fingerprint density at radius 3 is 2.83 bits per heavy atom. The number of hydrogen-bond acceptors (Lipinski definition) is 5. The predicted octanol–water partition coefficient (Wildman–Crippen LogP) is 2.07. The molecule has 2 N–H and O–H groups in total. The van der Waals surface area contributed by atoms with Gasteiger partial charge in [0.15, 0.2) is 0 Å². The maximum Gasteiger partial charge on any atom is 0.258 e. The summed E-state index contributed by atoms with van der Waals surface area (Å²) in [5.41, 5.74) is 0.0866. The van der Waals surface area contributed by atoms with Crippen LogP contribution in [0.3, 0.4) is 0 Å². The fraction of sp³-hybridized carbons (Fsp3) is 0.500. The summed E-state index contributed by atoms with van der Waals surface area (Å²) in [6.07, 6.45) is 10.6. The zero-order valence-corrected chi connectivity index (χ0v) is 13.1. The molecule has 1 aliphatic rings. The molecule has 3 rings (SSSR count). The number of aromatic nitrogens is 4. The monoisotopic (exact) mass is 315 g/mol. The molecular weight excluding hydrogens is 294 g/mol. The Morgan fingerprint density at radius 1 is 1.39 bits per heavy atom. The Kier molecular flexibility index (Phi) is 4.55. The molecule has 1 amide bonds. The molecule has 2 aromatic heterocycles. The summed E-state index contributed by atoms with van der Waals surface area (Å²) in [5.74, 6) is 0.0509. The van der Waals surface area contributed by atoms with Crippen molar-refractivity contribution >= 4 is 5.91 Å². The third-order valence-corrected chi connectivity index (χ3v) is 4.43. The van der Waals surface area contributed by atoms with E-state index in [4.69, 9.17) is 0 Å². The van der Waals surface area contributed by atoms with Crippen LogP contribution in [-0.4, -0.2) is 36.8 Å². The molecule has 0 radical (unpaired) electrons. The summed E-state index contributed by atoms with van der Waals surface area (Å²) in [6, 6.07) is 1.81. The van der Waals surface area contributed by atoms with Crippen molar-refractivity contribution in [2.45, 2.75) is 45.1 Å². The lowest BCUT2D eigenvalue weighted by Crippen LogP contribution is -2.39. The van der Waals surface area contributed by atoms with E-state index in [1.807, 2.05) is 6.92 Å². The predicted molar refractivity (Wildman–Crippen MR) is 84.3 cm³/mol. The standard InChI is InChI=1S/C16H21N5O2/c1-11(12-6-3-2-4-7-12)19-14(22)13-10-17-16(20-15(13)23)21-9-5-8-18-21/h5,8-12H,2-4,6-7H2,1H3,(H,19,22)(H,17,20,23)/t11-/m0/s1. The molecule has 7 nitrogen and oxygen atoms in total. The number of nitrogens with one attached hydrogen (secondary N) is 1. The minimum atomic E-state index is -0.340. The number of carbonyl (C=O) groups is 1. The first kappa shape index (κ1) is 15.5. The van der Waals surface area contributed by atoms with Gasteiger partial charge in [-0.3, -0.25) is 4.79 Å². The second-order valence-corrected chi connectivity index (χ2v) is 6.02. The second kappa shape index (κ2) is 6.76. The van der Waals surface area contributed by atoms with E-state index >= 15 is 0 Å². The van der Waals surface area contributed by atoms with Crippen molar-refractivity contribution < 1.29 is 9.90 Å². The normalized spacial score (nSPS) is 16.9. The molecule has 2 aromatic rings. The third-order valence-electron chi connectivity index (χ3n) is 4.43. The van der Waals surface area contributed by atoms with Crippen LogP contribution in [0.2, 0.25) is 0 Å². The van der Waals surface area contributed by atoms with Gasteiger partial charge in [0.05, 0.1) is 0 Å². The summed E-state index contributed by atoms with van der Waals surface area (Å²) in [4.78, 5) is 20.4. The number of amides is 1. The molecule has 23 heavy (non-hydrogen) atoms. The Balaban J connectivity index is 1.69. The van der Waals surface area contributed by atoms with Crippen LogP contribution in [-0.2, 0) is 0 Å². The van der Waals surface area contributed by atoms with E-state index in [0.717, 1.165) is 12.8 Å². The average molecular weight is 315 g/mol. The van der Waals surface area contributed by atoms with Crippen molar-refractivity contribution in [2.75, 3.05) is 0 Å². The van der Waals surface area contributed by atoms with Gasteiger partial charge < -0.3 is 10.4 Å². The molecule has 1 aliphatic carbocycles. The van der Waals surface area contributed by atoms with Gasteiger partial charge in [0.1, 0.15) is 5.56 Å². The number of hydrogen-bond donors (Lipinski definition) is 2. The van der Waals surface area contributed by atoms with Gasteiger partial charge in [-0.2, -0.15) is 10.1 Å². The lowest BCUT2D eigenvalue weighted by atomic mass is 9.84. The van der Waals surface area contributed by atoms with Crippen LogP contribution in [0.15, 0.2) is 24.7 Å². The van der Waals surface area contributed by atoms with Crippen LogP contribution in [0.5, 0.6) is 5.88 Å². The molecular formula is C16H21N5O2. The second-order valence-electron chi connectivity index (χ2n) is 6.02. The topological polar surface area (TPSA) is 92.9 Å². The van der Waals surface area contributed by atoms with Crippen LogP contribution in [0, 0.1) is 5.92 Å². The first-order valence-corrected chi connectivity index (χ1v) is 8.02. The summed E-state index contributed by atoms with van der Waals surface area (Å²) >= 11 is 0. The zero-order chi connectivity index (χ0) is 16.2. The fourth-order valence-electron chi connectivity index (χ4n) is 3.06. The first-order valence-electron chi connectivity index (χ1n) is 8.02. The lowest BCUT2D eigenvalue weighted by molar-refractivity contribution is 0.0915. The number of rotatable bonds is 4. The van der Waals surface area contributed by atoms with Gasteiger partial charge in [-0.15, -0.1) is 0 Å². The van der Waals surface area contributed by atoms with Crippen LogP contribution < -0.4 is 5.32 Å².